The van der Waals surface area contributed by atoms with Gasteiger partial charge in [0.05, 0.1) is 18.5 Å². The number of likely N-dealkylation sites (N-methyl/N-ethyl adjacent to an activating group) is 1. The first-order valence-corrected chi connectivity index (χ1v) is 8.76. The Hall–Kier alpha value is -2.23. The molecule has 0 spiro atoms. The Morgan fingerprint density at radius 1 is 1.36 bits per heavy atom. The van der Waals surface area contributed by atoms with Crippen LogP contribution >= 0.6 is 0 Å². The zero-order chi connectivity index (χ0) is 19.0. The number of ether oxygens (including phenoxy) is 1. The smallest absolute Gasteiger partial charge is 0.271 e. The average molecular weight is 344 g/mol. The van der Waals surface area contributed by atoms with E-state index in [0.29, 0.717) is 23.7 Å². The third-order valence-corrected chi connectivity index (χ3v) is 3.99. The van der Waals surface area contributed by atoms with Crippen LogP contribution in [0.1, 0.15) is 46.1 Å². The molecule has 0 atom stereocenters. The quantitative estimate of drug-likeness (QED) is 0.547. The van der Waals surface area contributed by atoms with Gasteiger partial charge >= 0.3 is 0 Å². The summed E-state index contributed by atoms with van der Waals surface area (Å²) in [5, 5.41) is 3.01. The maximum atomic E-state index is 12.9. The van der Waals surface area contributed by atoms with E-state index in [1.54, 1.807) is 13.2 Å². The molecule has 0 radical (unpaired) electrons. The molecule has 1 aromatic carbocycles. The molecule has 0 aliphatic carbocycles. The fraction of sp³-hybridized carbons (Fsp3) is 0.476. The van der Waals surface area contributed by atoms with Gasteiger partial charge in [-0.3, -0.25) is 4.79 Å². The molecule has 0 saturated heterocycles. The third-order valence-electron chi connectivity index (χ3n) is 3.99. The van der Waals surface area contributed by atoms with Gasteiger partial charge in [0.15, 0.2) is 0 Å². The van der Waals surface area contributed by atoms with Crippen molar-refractivity contribution in [2.24, 2.45) is 0 Å². The predicted octanol–water partition coefficient (Wildman–Crippen LogP) is 4.73. The topological polar surface area (TPSA) is 41.6 Å². The fourth-order valence-electron chi connectivity index (χ4n) is 2.45. The van der Waals surface area contributed by atoms with Gasteiger partial charge in [-0.2, -0.15) is 0 Å². The Labute approximate surface area is 152 Å². The number of anilines is 1. The van der Waals surface area contributed by atoms with Crippen molar-refractivity contribution in [2.45, 2.75) is 46.0 Å². The predicted molar refractivity (Wildman–Crippen MR) is 106 cm³/mol. The number of benzene rings is 1. The van der Waals surface area contributed by atoms with Gasteiger partial charge in [-0.15, -0.1) is 6.58 Å². The van der Waals surface area contributed by atoms with Crippen LogP contribution in [-0.2, 0) is 10.2 Å². The number of carbonyl (C=O) groups excluding carboxylic acids is 1. The average Bonchev–Trinajstić information content (AvgIpc) is 2.54. The van der Waals surface area contributed by atoms with Crippen LogP contribution in [-0.4, -0.2) is 31.5 Å². The molecule has 138 valence electrons. The molecule has 4 nitrogen and oxygen atoms in total. The molecule has 0 fully saturated rings. The Morgan fingerprint density at radius 2 is 2.04 bits per heavy atom. The summed E-state index contributed by atoms with van der Waals surface area (Å²) >= 11 is 0. The lowest BCUT2D eigenvalue weighted by atomic mass is 9.87. The minimum absolute atomic E-state index is 0.00768. The Bertz CT molecular complexity index is 627. The highest BCUT2D eigenvalue weighted by molar-refractivity contribution is 6.04. The van der Waals surface area contributed by atoms with Crippen LogP contribution in [0.25, 0.3) is 0 Å². The van der Waals surface area contributed by atoms with Gasteiger partial charge in [-0.05, 0) is 29.5 Å². The summed E-state index contributed by atoms with van der Waals surface area (Å²) in [5.74, 6) is 0.518. The van der Waals surface area contributed by atoms with Crippen LogP contribution in [0.2, 0.25) is 0 Å². The SMILES string of the molecule is C=CCN(C)/C(=C\CCC)C(=O)Nc1cc(C(C)(C)C)ccc1OC. The molecule has 25 heavy (non-hydrogen) atoms. The van der Waals surface area contributed by atoms with Crippen LogP contribution in [0.3, 0.4) is 0 Å². The van der Waals surface area contributed by atoms with Crippen molar-refractivity contribution in [1.29, 1.82) is 0 Å². The van der Waals surface area contributed by atoms with Gasteiger partial charge in [-0.25, -0.2) is 0 Å². The molecule has 0 heterocycles. The lowest BCUT2D eigenvalue weighted by Crippen LogP contribution is -2.28. The summed E-state index contributed by atoms with van der Waals surface area (Å²) in [6, 6.07) is 5.92. The van der Waals surface area contributed by atoms with Gasteiger partial charge in [0.25, 0.3) is 5.91 Å². The minimum atomic E-state index is -0.137. The van der Waals surface area contributed by atoms with Crippen LogP contribution in [0.5, 0.6) is 5.75 Å². The normalized spacial score (nSPS) is 11.8. The molecule has 0 aromatic heterocycles. The molecule has 1 aromatic rings. The number of amides is 1. The molecule has 1 rings (SSSR count). The molecule has 4 heteroatoms. The zero-order valence-electron chi connectivity index (χ0n) is 16.5. The van der Waals surface area contributed by atoms with Gasteiger partial charge in [0, 0.05) is 13.6 Å². The molecule has 0 bridgehead atoms. The molecule has 1 N–H and O–H groups in total. The zero-order valence-corrected chi connectivity index (χ0v) is 16.5. The second kappa shape index (κ2) is 9.30. The molecule has 0 aliphatic heterocycles. The summed E-state index contributed by atoms with van der Waals surface area (Å²) in [6.07, 6.45) is 5.59. The molecule has 0 aliphatic rings. The second-order valence-corrected chi connectivity index (χ2v) is 7.17. The van der Waals surface area contributed by atoms with E-state index in [4.69, 9.17) is 4.74 Å². The number of hydrogen-bond donors (Lipinski definition) is 1. The van der Waals surface area contributed by atoms with E-state index in [9.17, 15) is 4.79 Å². The highest BCUT2D eigenvalue weighted by Gasteiger charge is 2.19. The van der Waals surface area contributed by atoms with Crippen molar-refractivity contribution in [3.63, 3.8) is 0 Å². The summed E-state index contributed by atoms with van der Waals surface area (Å²) < 4.78 is 5.42. The molecule has 0 saturated carbocycles. The first-order chi connectivity index (χ1) is 11.7. The number of unbranched alkanes of at least 4 members (excludes halogenated alkanes) is 1. The molecule has 1 amide bonds. The van der Waals surface area contributed by atoms with Gasteiger partial charge < -0.3 is 15.0 Å². The van der Waals surface area contributed by atoms with Gasteiger partial charge in [0.2, 0.25) is 0 Å². The second-order valence-electron chi connectivity index (χ2n) is 7.17. The maximum absolute atomic E-state index is 12.9. The van der Waals surface area contributed by atoms with E-state index >= 15 is 0 Å². The van der Waals surface area contributed by atoms with Crippen molar-refractivity contribution < 1.29 is 9.53 Å². The summed E-state index contributed by atoms with van der Waals surface area (Å²) in [7, 11) is 3.50. The van der Waals surface area contributed by atoms with Crippen molar-refractivity contribution >= 4 is 11.6 Å². The fourth-order valence-corrected chi connectivity index (χ4v) is 2.45. The summed E-state index contributed by atoms with van der Waals surface area (Å²) in [4.78, 5) is 14.8. The largest absolute Gasteiger partial charge is 0.495 e. The lowest BCUT2D eigenvalue weighted by molar-refractivity contribution is -0.114. The van der Waals surface area contributed by atoms with Crippen LogP contribution in [0.15, 0.2) is 42.6 Å². The van der Waals surface area contributed by atoms with E-state index < -0.39 is 0 Å². The van der Waals surface area contributed by atoms with Gasteiger partial charge in [0.1, 0.15) is 5.75 Å². The standard InChI is InChI=1S/C21H32N2O2/c1-8-10-11-18(23(6)14-9-2)20(24)22-17-15-16(21(3,4)5)12-13-19(17)25-7/h9,11-13,15H,2,8,10,14H2,1,3-7H3,(H,22,24)/b18-11-. The number of nitrogens with zero attached hydrogens (tertiary/aromatic N) is 1. The van der Waals surface area contributed by atoms with Crippen LogP contribution in [0, 0.1) is 0 Å². The summed E-state index contributed by atoms with van der Waals surface area (Å²) in [6.45, 7) is 12.9. The number of hydrogen-bond acceptors (Lipinski definition) is 3. The lowest BCUT2D eigenvalue weighted by Gasteiger charge is -2.23. The number of nitrogens with one attached hydrogen (secondary N) is 1. The minimum Gasteiger partial charge on any atom is -0.495 e. The van der Waals surface area contributed by atoms with E-state index in [0.717, 1.165) is 18.4 Å². The molecular weight excluding hydrogens is 312 g/mol. The maximum Gasteiger partial charge on any atom is 0.271 e. The molecule has 0 unspecified atom stereocenters. The number of methoxy groups -OCH3 is 1. The van der Waals surface area contributed by atoms with E-state index in [2.05, 4.69) is 39.6 Å². The summed E-state index contributed by atoms with van der Waals surface area (Å²) in [5.41, 5.74) is 2.47. The monoisotopic (exact) mass is 344 g/mol. The van der Waals surface area contributed by atoms with Crippen molar-refractivity contribution in [3.05, 3.63) is 48.2 Å². The third kappa shape index (κ3) is 5.96. The van der Waals surface area contributed by atoms with E-state index in [1.807, 2.05) is 36.2 Å². The van der Waals surface area contributed by atoms with E-state index in [1.165, 1.54) is 0 Å². The number of rotatable bonds is 8. The van der Waals surface area contributed by atoms with Crippen molar-refractivity contribution in [1.82, 2.24) is 4.90 Å². The Kier molecular flexibility index (Phi) is 7.75. The Morgan fingerprint density at radius 3 is 2.56 bits per heavy atom. The van der Waals surface area contributed by atoms with Crippen LogP contribution in [0.4, 0.5) is 5.69 Å². The highest BCUT2D eigenvalue weighted by Crippen LogP contribution is 2.31. The Balaban J connectivity index is 3.16. The first kappa shape index (κ1) is 20.8. The number of carbonyl (C=O) groups is 1. The first-order valence-electron chi connectivity index (χ1n) is 8.76. The highest BCUT2D eigenvalue weighted by atomic mass is 16.5. The molecular formula is C21H32N2O2. The van der Waals surface area contributed by atoms with E-state index in [-0.39, 0.29) is 11.3 Å². The van der Waals surface area contributed by atoms with Crippen molar-refractivity contribution in [3.8, 4) is 5.75 Å². The van der Waals surface area contributed by atoms with Crippen LogP contribution < -0.4 is 10.1 Å². The van der Waals surface area contributed by atoms with Gasteiger partial charge in [-0.1, -0.05) is 52.3 Å². The van der Waals surface area contributed by atoms with Crippen molar-refractivity contribution in [2.75, 3.05) is 26.0 Å². The number of allylic oxidation sites excluding steroid dienone is 1.